The number of fused-ring (bicyclic) bond motifs is 3. The van der Waals surface area contributed by atoms with Crippen LogP contribution in [0, 0.1) is 0 Å². The van der Waals surface area contributed by atoms with Crippen molar-refractivity contribution in [2.24, 2.45) is 0 Å². The van der Waals surface area contributed by atoms with Crippen molar-refractivity contribution < 1.29 is 4.74 Å². The summed E-state index contributed by atoms with van der Waals surface area (Å²) in [6.45, 7) is 4.61. The minimum Gasteiger partial charge on any atom is -0.370 e. The molecule has 1 aromatic carbocycles. The smallest absolute Gasteiger partial charge is 0.261 e. The third-order valence-corrected chi connectivity index (χ3v) is 5.10. The zero-order valence-electron chi connectivity index (χ0n) is 13.0. The molecule has 3 aromatic rings. The summed E-state index contributed by atoms with van der Waals surface area (Å²) in [5, 5.41) is 3.81. The van der Waals surface area contributed by atoms with Gasteiger partial charge < -0.3 is 10.1 Å². The Balaban J connectivity index is 1.78. The first-order valence-corrected chi connectivity index (χ1v) is 8.34. The van der Waals surface area contributed by atoms with E-state index in [1.807, 2.05) is 30.3 Å². The minimum absolute atomic E-state index is 0.116. The van der Waals surface area contributed by atoms with Gasteiger partial charge in [0.2, 0.25) is 5.95 Å². The van der Waals surface area contributed by atoms with Crippen LogP contribution in [0.3, 0.4) is 0 Å². The maximum atomic E-state index is 12.5. The van der Waals surface area contributed by atoms with Crippen LogP contribution in [0.15, 0.2) is 35.1 Å². The number of ether oxygens (including phenoxy) is 1. The van der Waals surface area contributed by atoms with Gasteiger partial charge in [-0.2, -0.15) is 0 Å². The number of aromatic nitrogens is 2. The van der Waals surface area contributed by atoms with Gasteiger partial charge in [0.25, 0.3) is 5.56 Å². The highest BCUT2D eigenvalue weighted by atomic mass is 32.1. The quantitative estimate of drug-likeness (QED) is 0.755. The molecular weight excluding hydrogens is 310 g/mol. The number of rotatable bonds is 2. The van der Waals surface area contributed by atoms with E-state index in [4.69, 9.17) is 4.74 Å². The van der Waals surface area contributed by atoms with Crippen molar-refractivity contribution in [3.63, 3.8) is 0 Å². The molecule has 3 heterocycles. The van der Waals surface area contributed by atoms with E-state index in [2.05, 4.69) is 29.1 Å². The topological polar surface area (TPSA) is 67.0 Å². The van der Waals surface area contributed by atoms with Crippen molar-refractivity contribution in [3.05, 3.63) is 51.1 Å². The van der Waals surface area contributed by atoms with Crippen molar-refractivity contribution in [1.82, 2.24) is 9.97 Å². The Morgan fingerprint density at radius 2 is 2.09 bits per heavy atom. The Morgan fingerprint density at radius 3 is 2.87 bits per heavy atom. The van der Waals surface area contributed by atoms with Crippen LogP contribution >= 0.6 is 11.3 Å². The van der Waals surface area contributed by atoms with Gasteiger partial charge in [0.15, 0.2) is 0 Å². The van der Waals surface area contributed by atoms with E-state index in [1.165, 1.54) is 4.88 Å². The average Bonchev–Trinajstić information content (AvgIpc) is 2.84. The van der Waals surface area contributed by atoms with Crippen LogP contribution in [0.4, 0.5) is 11.6 Å². The summed E-state index contributed by atoms with van der Waals surface area (Å²) in [6.07, 6.45) is 0.810. The predicted molar refractivity (Wildman–Crippen MR) is 92.5 cm³/mol. The SMILES string of the molecule is CC1(C)Cc2sc3nc(Nc4ccccc4)[nH]c(=O)c3c2CO1. The number of anilines is 2. The van der Waals surface area contributed by atoms with E-state index in [1.54, 1.807) is 11.3 Å². The Labute approximate surface area is 137 Å². The number of nitrogens with one attached hydrogen (secondary N) is 2. The lowest BCUT2D eigenvalue weighted by molar-refractivity contribution is -0.0382. The number of thiophene rings is 1. The van der Waals surface area contributed by atoms with Crippen molar-refractivity contribution in [3.8, 4) is 0 Å². The molecule has 0 bridgehead atoms. The van der Waals surface area contributed by atoms with Crippen LogP contribution in [0.2, 0.25) is 0 Å². The summed E-state index contributed by atoms with van der Waals surface area (Å²) >= 11 is 1.59. The van der Waals surface area contributed by atoms with Crippen LogP contribution < -0.4 is 10.9 Å². The monoisotopic (exact) mass is 327 g/mol. The number of benzene rings is 1. The summed E-state index contributed by atoms with van der Waals surface area (Å²) in [5.41, 5.74) is 1.57. The highest BCUT2D eigenvalue weighted by Crippen LogP contribution is 2.37. The molecule has 5 nitrogen and oxygen atoms in total. The molecule has 1 aliphatic heterocycles. The molecule has 0 atom stereocenters. The van der Waals surface area contributed by atoms with Gasteiger partial charge in [-0.3, -0.25) is 9.78 Å². The van der Waals surface area contributed by atoms with Crippen LogP contribution in [-0.2, 0) is 17.8 Å². The third-order valence-electron chi connectivity index (χ3n) is 3.97. The number of hydrogen-bond donors (Lipinski definition) is 2. The zero-order valence-corrected chi connectivity index (χ0v) is 13.8. The van der Waals surface area contributed by atoms with E-state index in [9.17, 15) is 4.79 Å². The van der Waals surface area contributed by atoms with Gasteiger partial charge in [-0.25, -0.2) is 4.98 Å². The maximum Gasteiger partial charge on any atom is 0.261 e. The van der Waals surface area contributed by atoms with Crippen molar-refractivity contribution in [2.45, 2.75) is 32.5 Å². The third kappa shape index (κ3) is 2.64. The number of para-hydroxylation sites is 1. The fourth-order valence-corrected chi connectivity index (χ4v) is 4.22. The van der Waals surface area contributed by atoms with E-state index in [0.29, 0.717) is 17.9 Å². The number of nitrogens with zero attached hydrogens (tertiary/aromatic N) is 1. The molecule has 6 heteroatoms. The summed E-state index contributed by atoms with van der Waals surface area (Å²) < 4.78 is 5.85. The van der Waals surface area contributed by atoms with Gasteiger partial charge in [-0.1, -0.05) is 18.2 Å². The first kappa shape index (κ1) is 14.4. The summed E-state index contributed by atoms with van der Waals surface area (Å²) in [5.74, 6) is 0.465. The lowest BCUT2D eigenvalue weighted by Gasteiger charge is -2.29. The highest BCUT2D eigenvalue weighted by Gasteiger charge is 2.30. The molecular formula is C17H17N3O2S. The van der Waals surface area contributed by atoms with Crippen LogP contribution in [-0.4, -0.2) is 15.6 Å². The fraction of sp³-hybridized carbons (Fsp3) is 0.294. The van der Waals surface area contributed by atoms with Crippen LogP contribution in [0.5, 0.6) is 0 Å². The zero-order chi connectivity index (χ0) is 16.0. The molecule has 0 amide bonds. The van der Waals surface area contributed by atoms with Gasteiger partial charge in [-0.15, -0.1) is 11.3 Å². The van der Waals surface area contributed by atoms with Crippen LogP contribution in [0.25, 0.3) is 10.2 Å². The normalized spacial score (nSPS) is 16.3. The molecule has 118 valence electrons. The van der Waals surface area contributed by atoms with Crippen molar-refractivity contribution in [2.75, 3.05) is 5.32 Å². The standard InChI is InChI=1S/C17H17N3O2S/c1-17(2)8-12-11(9-22-17)13-14(21)19-16(20-15(13)23-12)18-10-6-4-3-5-7-10/h3-7H,8-9H2,1-2H3,(H2,18,19,20,21). The van der Waals surface area contributed by atoms with Gasteiger partial charge in [0.05, 0.1) is 17.6 Å². The molecule has 0 saturated heterocycles. The molecule has 0 spiro atoms. The first-order chi connectivity index (χ1) is 11.0. The Morgan fingerprint density at radius 1 is 1.30 bits per heavy atom. The number of H-pyrrole nitrogens is 1. The Hall–Kier alpha value is -2.18. The largest absolute Gasteiger partial charge is 0.370 e. The van der Waals surface area contributed by atoms with Crippen LogP contribution in [0.1, 0.15) is 24.3 Å². The molecule has 2 aromatic heterocycles. The Kier molecular flexibility index (Phi) is 3.25. The molecule has 0 aliphatic carbocycles. The molecule has 0 unspecified atom stereocenters. The summed E-state index contributed by atoms with van der Waals surface area (Å²) in [4.78, 5) is 21.9. The molecule has 23 heavy (non-hydrogen) atoms. The first-order valence-electron chi connectivity index (χ1n) is 7.52. The average molecular weight is 327 g/mol. The van der Waals surface area contributed by atoms with E-state index in [0.717, 1.165) is 22.5 Å². The second-order valence-corrected chi connectivity index (χ2v) is 7.40. The van der Waals surface area contributed by atoms with E-state index < -0.39 is 0 Å². The Bertz CT molecular complexity index is 928. The number of aromatic amines is 1. The number of hydrogen-bond acceptors (Lipinski definition) is 5. The lowest BCUT2D eigenvalue weighted by Crippen LogP contribution is -2.31. The molecule has 4 rings (SSSR count). The fourth-order valence-electron chi connectivity index (χ4n) is 2.83. The molecule has 0 radical (unpaired) electrons. The van der Waals surface area contributed by atoms with Gasteiger partial charge in [0.1, 0.15) is 4.83 Å². The van der Waals surface area contributed by atoms with Gasteiger partial charge in [0, 0.05) is 22.5 Å². The van der Waals surface area contributed by atoms with Crippen molar-refractivity contribution in [1.29, 1.82) is 0 Å². The summed E-state index contributed by atoms with van der Waals surface area (Å²) in [6, 6.07) is 9.67. The summed E-state index contributed by atoms with van der Waals surface area (Å²) in [7, 11) is 0. The van der Waals surface area contributed by atoms with Gasteiger partial charge in [-0.05, 0) is 26.0 Å². The molecule has 2 N–H and O–H groups in total. The van der Waals surface area contributed by atoms with E-state index >= 15 is 0 Å². The highest BCUT2D eigenvalue weighted by molar-refractivity contribution is 7.18. The predicted octanol–water partition coefficient (Wildman–Crippen LogP) is 3.58. The molecule has 1 aliphatic rings. The maximum absolute atomic E-state index is 12.5. The minimum atomic E-state index is -0.189. The second kappa shape index (κ2) is 5.18. The molecule has 0 saturated carbocycles. The van der Waals surface area contributed by atoms with E-state index in [-0.39, 0.29) is 11.2 Å². The second-order valence-electron chi connectivity index (χ2n) is 6.31. The van der Waals surface area contributed by atoms with Crippen molar-refractivity contribution >= 4 is 33.2 Å². The lowest BCUT2D eigenvalue weighted by atomic mass is 9.98. The van der Waals surface area contributed by atoms with Gasteiger partial charge >= 0.3 is 0 Å². The molecule has 0 fully saturated rings.